The molecule has 3 aromatic carbocycles. The van der Waals surface area contributed by atoms with E-state index in [0.717, 1.165) is 10.6 Å². The maximum Gasteiger partial charge on any atom is 0.272 e. The first-order valence-electron chi connectivity index (χ1n) is 11.9. The summed E-state index contributed by atoms with van der Waals surface area (Å²) in [4.78, 5) is 43.5. The number of pyridine rings is 1. The van der Waals surface area contributed by atoms with Crippen LogP contribution in [0.4, 0.5) is 11.4 Å². The van der Waals surface area contributed by atoms with E-state index in [1.165, 1.54) is 11.8 Å². The fraction of sp³-hybridized carbons (Fsp3) is 0.0667. The molecule has 1 aromatic heterocycles. The molecule has 38 heavy (non-hydrogen) atoms. The number of carbonyl (C=O) groups excluding carboxylic acids is 3. The minimum atomic E-state index is -0.491. The Bertz CT molecular complexity index is 1430. The molecule has 3 N–H and O–H groups in total. The van der Waals surface area contributed by atoms with Gasteiger partial charge in [-0.3, -0.25) is 19.4 Å². The summed E-state index contributed by atoms with van der Waals surface area (Å²) >= 11 is 1.38. The summed E-state index contributed by atoms with van der Waals surface area (Å²) in [5, 5.41) is 8.08. The van der Waals surface area contributed by atoms with E-state index < -0.39 is 11.8 Å². The number of rotatable bonds is 9. The summed E-state index contributed by atoms with van der Waals surface area (Å²) in [6.07, 6.45) is 4.79. The number of nitrogens with one attached hydrogen (secondary N) is 3. The Kier molecular flexibility index (Phi) is 9.04. The van der Waals surface area contributed by atoms with Crippen molar-refractivity contribution in [2.24, 2.45) is 0 Å². The predicted molar refractivity (Wildman–Crippen MR) is 152 cm³/mol. The smallest absolute Gasteiger partial charge is 0.272 e. The van der Waals surface area contributed by atoms with Crippen molar-refractivity contribution in [3.05, 3.63) is 126 Å². The molecular formula is C30H26N4O3S. The van der Waals surface area contributed by atoms with Crippen LogP contribution >= 0.6 is 11.8 Å². The van der Waals surface area contributed by atoms with Gasteiger partial charge in [-0.25, -0.2) is 0 Å². The van der Waals surface area contributed by atoms with E-state index in [4.69, 9.17) is 0 Å². The zero-order chi connectivity index (χ0) is 26.7. The molecule has 4 rings (SSSR count). The summed E-state index contributed by atoms with van der Waals surface area (Å²) in [7, 11) is 0. The maximum absolute atomic E-state index is 13.2. The lowest BCUT2D eigenvalue weighted by Gasteiger charge is -2.14. The SMILES string of the molecule is CC(Sc1cccc(NC(=O)/C(=C/c2cccnc2)NC(=O)c2ccccc2)c1)C(=O)Nc1ccccc1. The molecule has 190 valence electrons. The highest BCUT2D eigenvalue weighted by molar-refractivity contribution is 8.00. The predicted octanol–water partition coefficient (Wildman–Crippen LogP) is 5.61. The number of benzene rings is 3. The number of anilines is 2. The van der Waals surface area contributed by atoms with E-state index in [1.54, 1.807) is 73.1 Å². The topological polar surface area (TPSA) is 100 Å². The van der Waals surface area contributed by atoms with Gasteiger partial charge >= 0.3 is 0 Å². The molecule has 0 aliphatic carbocycles. The first kappa shape index (κ1) is 26.4. The van der Waals surface area contributed by atoms with Crippen LogP contribution in [0.15, 0.2) is 120 Å². The van der Waals surface area contributed by atoms with Crippen LogP contribution < -0.4 is 16.0 Å². The Balaban J connectivity index is 1.46. The second-order valence-corrected chi connectivity index (χ2v) is 9.68. The lowest BCUT2D eigenvalue weighted by molar-refractivity contribution is -0.115. The highest BCUT2D eigenvalue weighted by Gasteiger charge is 2.17. The van der Waals surface area contributed by atoms with Crippen LogP contribution in [-0.2, 0) is 9.59 Å². The van der Waals surface area contributed by atoms with Crippen LogP contribution in [0, 0.1) is 0 Å². The molecule has 0 saturated heterocycles. The zero-order valence-electron chi connectivity index (χ0n) is 20.6. The van der Waals surface area contributed by atoms with E-state index in [0.29, 0.717) is 16.8 Å². The molecule has 8 heteroatoms. The molecular weight excluding hydrogens is 496 g/mol. The normalized spacial score (nSPS) is 11.8. The minimum absolute atomic E-state index is 0.0699. The molecule has 7 nitrogen and oxygen atoms in total. The molecule has 3 amide bonds. The van der Waals surface area contributed by atoms with E-state index in [1.807, 2.05) is 49.4 Å². The molecule has 1 heterocycles. The van der Waals surface area contributed by atoms with Crippen molar-refractivity contribution < 1.29 is 14.4 Å². The fourth-order valence-corrected chi connectivity index (χ4v) is 4.37. The van der Waals surface area contributed by atoms with Gasteiger partial charge in [-0.05, 0) is 67.1 Å². The van der Waals surface area contributed by atoms with Gasteiger partial charge < -0.3 is 16.0 Å². The average molecular weight is 523 g/mol. The molecule has 0 aliphatic heterocycles. The third-order valence-corrected chi connectivity index (χ3v) is 6.43. The van der Waals surface area contributed by atoms with Gasteiger partial charge in [0.1, 0.15) is 5.70 Å². The highest BCUT2D eigenvalue weighted by atomic mass is 32.2. The minimum Gasteiger partial charge on any atom is -0.325 e. The molecule has 0 radical (unpaired) electrons. The van der Waals surface area contributed by atoms with Crippen molar-refractivity contribution in [2.45, 2.75) is 17.1 Å². The van der Waals surface area contributed by atoms with Crippen molar-refractivity contribution in [1.82, 2.24) is 10.3 Å². The molecule has 1 atom stereocenters. The number of para-hydroxylation sites is 1. The molecule has 0 aliphatic rings. The van der Waals surface area contributed by atoms with Gasteiger partial charge in [0, 0.05) is 34.2 Å². The molecule has 0 spiro atoms. The molecule has 0 fully saturated rings. The Morgan fingerprint density at radius 1 is 0.816 bits per heavy atom. The largest absolute Gasteiger partial charge is 0.325 e. The zero-order valence-corrected chi connectivity index (χ0v) is 21.4. The maximum atomic E-state index is 13.2. The number of aromatic nitrogens is 1. The molecule has 1 unspecified atom stereocenters. The first-order valence-corrected chi connectivity index (χ1v) is 12.8. The number of amides is 3. The van der Waals surface area contributed by atoms with Gasteiger partial charge in [0.05, 0.1) is 5.25 Å². The van der Waals surface area contributed by atoms with Gasteiger partial charge in [-0.1, -0.05) is 48.5 Å². The second-order valence-electron chi connectivity index (χ2n) is 8.26. The van der Waals surface area contributed by atoms with E-state index >= 15 is 0 Å². The third kappa shape index (κ3) is 7.65. The standard InChI is InChI=1S/C30H26N4O3S/c1-21(28(35)32-24-13-6-3-7-14-24)38-26-16-8-15-25(19-26)33-30(37)27(18-22-10-9-17-31-20-22)34-29(36)23-11-4-2-5-12-23/h2-21H,1H3,(H,32,35)(H,33,37)(H,34,36)/b27-18-. The van der Waals surface area contributed by atoms with Crippen LogP contribution in [0.25, 0.3) is 6.08 Å². The van der Waals surface area contributed by atoms with Gasteiger partial charge in [0.2, 0.25) is 5.91 Å². The summed E-state index contributed by atoms with van der Waals surface area (Å²) in [6, 6.07) is 28.7. The number of hydrogen-bond acceptors (Lipinski definition) is 5. The fourth-order valence-electron chi connectivity index (χ4n) is 3.44. The van der Waals surface area contributed by atoms with Crippen LogP contribution in [0.5, 0.6) is 0 Å². The lowest BCUT2D eigenvalue weighted by Crippen LogP contribution is -2.30. The van der Waals surface area contributed by atoms with Gasteiger partial charge in [0.25, 0.3) is 11.8 Å². The summed E-state index contributed by atoms with van der Waals surface area (Å²) in [5.41, 5.74) is 2.42. The highest BCUT2D eigenvalue weighted by Crippen LogP contribution is 2.27. The van der Waals surface area contributed by atoms with Crippen molar-refractivity contribution in [3.63, 3.8) is 0 Å². The summed E-state index contributed by atoms with van der Waals surface area (Å²) < 4.78 is 0. The van der Waals surface area contributed by atoms with Crippen LogP contribution in [-0.4, -0.2) is 28.0 Å². The van der Waals surface area contributed by atoms with Crippen molar-refractivity contribution in [1.29, 1.82) is 0 Å². The van der Waals surface area contributed by atoms with E-state index in [-0.39, 0.29) is 16.9 Å². The first-order chi connectivity index (χ1) is 18.5. The number of nitrogens with zero attached hydrogens (tertiary/aromatic N) is 1. The number of thioether (sulfide) groups is 1. The quantitative estimate of drug-likeness (QED) is 0.196. The van der Waals surface area contributed by atoms with Gasteiger partial charge in [-0.2, -0.15) is 0 Å². The monoisotopic (exact) mass is 522 g/mol. The molecule has 4 aromatic rings. The van der Waals surface area contributed by atoms with Gasteiger partial charge in [0.15, 0.2) is 0 Å². The Morgan fingerprint density at radius 3 is 2.24 bits per heavy atom. The Hall–Kier alpha value is -4.69. The lowest BCUT2D eigenvalue weighted by atomic mass is 10.2. The van der Waals surface area contributed by atoms with Crippen molar-refractivity contribution >= 4 is 46.9 Å². The van der Waals surface area contributed by atoms with Crippen LogP contribution in [0.2, 0.25) is 0 Å². The second kappa shape index (κ2) is 13.0. The molecule has 0 bridgehead atoms. The van der Waals surface area contributed by atoms with Crippen molar-refractivity contribution in [2.75, 3.05) is 10.6 Å². The Labute approximate surface area is 225 Å². The number of hydrogen-bond donors (Lipinski definition) is 3. The van der Waals surface area contributed by atoms with Crippen molar-refractivity contribution in [3.8, 4) is 0 Å². The van der Waals surface area contributed by atoms with Crippen LogP contribution in [0.3, 0.4) is 0 Å². The molecule has 0 saturated carbocycles. The Morgan fingerprint density at radius 2 is 1.53 bits per heavy atom. The van der Waals surface area contributed by atoms with E-state index in [9.17, 15) is 14.4 Å². The summed E-state index contributed by atoms with van der Waals surface area (Å²) in [5.74, 6) is -1.02. The van der Waals surface area contributed by atoms with Gasteiger partial charge in [-0.15, -0.1) is 11.8 Å². The third-order valence-electron chi connectivity index (χ3n) is 5.34. The summed E-state index contributed by atoms with van der Waals surface area (Å²) in [6.45, 7) is 1.82. The van der Waals surface area contributed by atoms with Crippen LogP contribution in [0.1, 0.15) is 22.8 Å². The van der Waals surface area contributed by atoms with E-state index in [2.05, 4.69) is 20.9 Å². The number of carbonyl (C=O) groups is 3. The average Bonchev–Trinajstić information content (AvgIpc) is 2.94.